The average molecular weight is 325 g/mol. The maximum absolute atomic E-state index is 12.5. The Morgan fingerprint density at radius 1 is 1.30 bits per heavy atom. The molecule has 0 aromatic heterocycles. The van der Waals surface area contributed by atoms with E-state index in [0.29, 0.717) is 11.6 Å². The maximum Gasteiger partial charge on any atom is 0.268 e. The highest BCUT2D eigenvalue weighted by atomic mass is 32.2. The minimum atomic E-state index is -0.687. The quantitative estimate of drug-likeness (QED) is 0.907. The predicted octanol–water partition coefficient (Wildman–Crippen LogP) is 3.18. The Hall–Kier alpha value is -1.80. The summed E-state index contributed by atoms with van der Waals surface area (Å²) in [6.45, 7) is 1.92. The average Bonchev–Trinajstić information content (AvgIpc) is 3.24. The molecule has 2 bridgehead atoms. The maximum atomic E-state index is 12.5. The molecule has 3 aliphatic rings. The highest BCUT2D eigenvalue weighted by Crippen LogP contribution is 2.46. The molecule has 0 radical (unpaired) electrons. The van der Waals surface area contributed by atoms with Crippen LogP contribution in [-0.4, -0.2) is 17.1 Å². The number of carbonyl (C=O) groups excluding carboxylic acids is 1. The van der Waals surface area contributed by atoms with Crippen LogP contribution in [0, 0.1) is 23.2 Å². The number of hydrogen-bond acceptors (Lipinski definition) is 4. The number of fused-ring (bicyclic) bond motifs is 2. The number of carbonyl (C=O) groups is 1. The SMILES string of the molecule is CC1(c2ccc(C#N)cc2)SC(NC2CC3CC[C@H]2C3)=NC1=O. The van der Waals surface area contributed by atoms with Crippen LogP contribution < -0.4 is 5.32 Å². The molecule has 2 fully saturated rings. The van der Waals surface area contributed by atoms with E-state index in [1.165, 1.54) is 37.4 Å². The third-order valence-electron chi connectivity index (χ3n) is 5.52. The number of aliphatic imine (C=N–C) groups is 1. The van der Waals surface area contributed by atoms with Crippen molar-refractivity contribution in [1.82, 2.24) is 5.32 Å². The second-order valence-electron chi connectivity index (χ2n) is 6.97. The Bertz CT molecular complexity index is 721. The van der Waals surface area contributed by atoms with Gasteiger partial charge in [-0.05, 0) is 55.7 Å². The summed E-state index contributed by atoms with van der Waals surface area (Å²) >= 11 is 1.51. The van der Waals surface area contributed by atoms with Crippen LogP contribution in [0.4, 0.5) is 0 Å². The van der Waals surface area contributed by atoms with Gasteiger partial charge >= 0.3 is 0 Å². The van der Waals surface area contributed by atoms with Crippen LogP contribution in [0.25, 0.3) is 0 Å². The van der Waals surface area contributed by atoms with E-state index in [0.717, 1.165) is 22.6 Å². The van der Waals surface area contributed by atoms with E-state index in [9.17, 15) is 4.79 Å². The first-order chi connectivity index (χ1) is 11.1. The molecule has 5 heteroatoms. The van der Waals surface area contributed by atoms with Gasteiger partial charge in [0.25, 0.3) is 5.91 Å². The fourth-order valence-corrected chi connectivity index (χ4v) is 5.26. The van der Waals surface area contributed by atoms with Gasteiger partial charge in [0.15, 0.2) is 5.17 Å². The summed E-state index contributed by atoms with van der Waals surface area (Å²) in [6, 6.07) is 9.83. The van der Waals surface area contributed by atoms with Gasteiger partial charge in [0.1, 0.15) is 4.75 Å². The molecule has 1 amide bonds. The number of nitriles is 1. The van der Waals surface area contributed by atoms with Gasteiger partial charge in [-0.15, -0.1) is 0 Å². The number of hydrogen-bond donors (Lipinski definition) is 1. The molecule has 1 aliphatic heterocycles. The largest absolute Gasteiger partial charge is 0.361 e. The number of thioether (sulfide) groups is 1. The lowest BCUT2D eigenvalue weighted by molar-refractivity contribution is -0.119. The van der Waals surface area contributed by atoms with Crippen LogP contribution in [0.15, 0.2) is 29.3 Å². The first kappa shape index (κ1) is 14.8. The lowest BCUT2D eigenvalue weighted by atomic mass is 9.96. The van der Waals surface area contributed by atoms with E-state index < -0.39 is 4.75 Å². The van der Waals surface area contributed by atoms with E-state index in [1.54, 1.807) is 12.1 Å². The lowest BCUT2D eigenvalue weighted by Gasteiger charge is -2.25. The standard InChI is InChI=1S/C18H19N3OS/c1-18(14-6-3-11(10-19)4-7-14)16(22)21-17(23-18)20-15-9-12-2-5-13(15)8-12/h3-4,6-7,12-13,15H,2,5,8-9H2,1H3,(H,20,21,22)/t12?,13-,15?,18?/m0/s1. The minimum Gasteiger partial charge on any atom is -0.361 e. The van der Waals surface area contributed by atoms with Gasteiger partial charge in [-0.25, -0.2) is 0 Å². The molecular weight excluding hydrogens is 306 g/mol. The van der Waals surface area contributed by atoms with E-state index in [1.807, 2.05) is 19.1 Å². The summed E-state index contributed by atoms with van der Waals surface area (Å²) in [4.78, 5) is 16.8. The van der Waals surface area contributed by atoms with Crippen molar-refractivity contribution >= 4 is 22.8 Å². The number of rotatable bonds is 2. The van der Waals surface area contributed by atoms with Crippen LogP contribution in [-0.2, 0) is 9.54 Å². The van der Waals surface area contributed by atoms with E-state index in [2.05, 4.69) is 16.4 Å². The molecule has 4 rings (SSSR count). The normalized spacial score (nSPS) is 35.2. The third kappa shape index (κ3) is 2.46. The van der Waals surface area contributed by atoms with Crippen molar-refractivity contribution in [2.75, 3.05) is 0 Å². The Morgan fingerprint density at radius 2 is 2.09 bits per heavy atom. The van der Waals surface area contributed by atoms with Gasteiger partial charge < -0.3 is 5.32 Å². The molecule has 4 nitrogen and oxygen atoms in total. The third-order valence-corrected chi connectivity index (χ3v) is 6.74. The first-order valence-electron chi connectivity index (χ1n) is 8.18. The number of amidine groups is 1. The topological polar surface area (TPSA) is 65.2 Å². The predicted molar refractivity (Wildman–Crippen MR) is 90.9 cm³/mol. The first-order valence-corrected chi connectivity index (χ1v) is 8.99. The van der Waals surface area contributed by atoms with Crippen molar-refractivity contribution in [3.05, 3.63) is 35.4 Å². The summed E-state index contributed by atoms with van der Waals surface area (Å²) in [5, 5.41) is 13.2. The fourth-order valence-electron chi connectivity index (χ4n) is 4.15. The molecule has 0 spiro atoms. The zero-order valence-electron chi connectivity index (χ0n) is 13.1. The van der Waals surface area contributed by atoms with Gasteiger partial charge in [-0.2, -0.15) is 10.3 Å². The monoisotopic (exact) mass is 325 g/mol. The smallest absolute Gasteiger partial charge is 0.268 e. The summed E-state index contributed by atoms with van der Waals surface area (Å²) in [7, 11) is 0. The lowest BCUT2D eigenvalue weighted by Crippen LogP contribution is -2.37. The van der Waals surface area contributed by atoms with Gasteiger partial charge in [-0.3, -0.25) is 4.79 Å². The van der Waals surface area contributed by atoms with Crippen LogP contribution >= 0.6 is 11.8 Å². The second-order valence-corrected chi connectivity index (χ2v) is 8.38. The number of nitrogens with one attached hydrogen (secondary N) is 1. The number of nitrogens with zero attached hydrogens (tertiary/aromatic N) is 2. The molecule has 2 aliphatic carbocycles. The van der Waals surface area contributed by atoms with Crippen molar-refractivity contribution in [2.24, 2.45) is 16.8 Å². The van der Waals surface area contributed by atoms with E-state index in [4.69, 9.17) is 5.26 Å². The van der Waals surface area contributed by atoms with Gasteiger partial charge in [0.2, 0.25) is 0 Å². The van der Waals surface area contributed by atoms with Crippen molar-refractivity contribution in [3.8, 4) is 6.07 Å². The summed E-state index contributed by atoms with van der Waals surface area (Å²) in [5.74, 6) is 1.50. The van der Waals surface area contributed by atoms with Gasteiger partial charge in [0.05, 0.1) is 11.6 Å². The Morgan fingerprint density at radius 3 is 2.70 bits per heavy atom. The summed E-state index contributed by atoms with van der Waals surface area (Å²) in [5.41, 5.74) is 1.51. The van der Waals surface area contributed by atoms with Crippen LogP contribution in [0.5, 0.6) is 0 Å². The Balaban J connectivity index is 1.49. The molecule has 4 atom stereocenters. The van der Waals surface area contributed by atoms with Crippen LogP contribution in [0.2, 0.25) is 0 Å². The zero-order chi connectivity index (χ0) is 16.0. The highest BCUT2D eigenvalue weighted by molar-refractivity contribution is 8.15. The minimum absolute atomic E-state index is 0.113. The summed E-state index contributed by atoms with van der Waals surface area (Å²) in [6.07, 6.45) is 5.22. The van der Waals surface area contributed by atoms with E-state index >= 15 is 0 Å². The molecule has 23 heavy (non-hydrogen) atoms. The molecule has 1 heterocycles. The Labute approximate surface area is 140 Å². The number of amides is 1. The van der Waals surface area contributed by atoms with E-state index in [-0.39, 0.29) is 5.91 Å². The zero-order valence-corrected chi connectivity index (χ0v) is 13.9. The molecule has 3 unspecified atom stereocenters. The molecule has 1 N–H and O–H groups in total. The summed E-state index contributed by atoms with van der Waals surface area (Å²) < 4.78 is -0.687. The molecule has 1 aromatic rings. The second kappa shape index (κ2) is 5.38. The molecule has 118 valence electrons. The number of benzene rings is 1. The van der Waals surface area contributed by atoms with Crippen molar-refractivity contribution in [1.29, 1.82) is 5.26 Å². The van der Waals surface area contributed by atoms with Crippen molar-refractivity contribution in [3.63, 3.8) is 0 Å². The Kier molecular flexibility index (Phi) is 3.46. The van der Waals surface area contributed by atoms with Crippen LogP contribution in [0.3, 0.4) is 0 Å². The molecule has 1 aromatic carbocycles. The highest BCUT2D eigenvalue weighted by Gasteiger charge is 2.45. The van der Waals surface area contributed by atoms with Crippen molar-refractivity contribution in [2.45, 2.75) is 43.4 Å². The fraction of sp³-hybridized carbons (Fsp3) is 0.500. The molecule has 0 saturated heterocycles. The molecular formula is C18H19N3OS. The van der Waals surface area contributed by atoms with Gasteiger partial charge in [0, 0.05) is 6.04 Å². The van der Waals surface area contributed by atoms with Crippen molar-refractivity contribution < 1.29 is 4.79 Å². The molecule has 2 saturated carbocycles. The van der Waals surface area contributed by atoms with Crippen LogP contribution in [0.1, 0.15) is 43.7 Å². The van der Waals surface area contributed by atoms with Gasteiger partial charge in [-0.1, -0.05) is 30.3 Å².